The fourth-order valence-corrected chi connectivity index (χ4v) is 8.79. The van der Waals surface area contributed by atoms with Gasteiger partial charge in [-0.1, -0.05) is 24.3 Å². The average molecular weight is 501 g/mol. The molecule has 6 heteroatoms. The molecule has 0 unspecified atom stereocenters. The van der Waals surface area contributed by atoms with Gasteiger partial charge in [-0.25, -0.2) is 0 Å². The maximum atomic E-state index is 12.6. The lowest BCUT2D eigenvalue weighted by Crippen LogP contribution is -2.48. The average Bonchev–Trinajstić information content (AvgIpc) is 3.24. The number of phenols is 1. The van der Waals surface area contributed by atoms with Crippen LogP contribution in [0.25, 0.3) is 17.2 Å². The third-order valence-corrected chi connectivity index (χ3v) is 10.1. The number of carbonyl (C=O) groups is 1. The summed E-state index contributed by atoms with van der Waals surface area (Å²) < 4.78 is 5.43. The largest absolute Gasteiger partial charge is 0.508 e. The van der Waals surface area contributed by atoms with Crippen molar-refractivity contribution in [1.29, 1.82) is 0 Å². The van der Waals surface area contributed by atoms with Crippen LogP contribution in [0.4, 0.5) is 0 Å². The predicted octanol–water partition coefficient (Wildman–Crippen LogP) is 5.83. The molecule has 5 nitrogen and oxygen atoms in total. The summed E-state index contributed by atoms with van der Waals surface area (Å²) in [6.45, 7) is 2.89. The molecule has 4 bridgehead atoms. The Morgan fingerprint density at radius 2 is 1.67 bits per heavy atom. The first kappa shape index (κ1) is 22.6. The lowest BCUT2D eigenvalue weighted by atomic mass is 9.48. The molecule has 8 rings (SSSR count). The molecule has 1 saturated heterocycles. The van der Waals surface area contributed by atoms with Gasteiger partial charge in [0.25, 0.3) is 5.91 Å². The van der Waals surface area contributed by atoms with Gasteiger partial charge in [-0.3, -0.25) is 4.79 Å². The van der Waals surface area contributed by atoms with Crippen LogP contribution in [-0.2, 0) is 14.9 Å². The summed E-state index contributed by atoms with van der Waals surface area (Å²) in [6, 6.07) is 14.5. The minimum atomic E-state index is -0.166. The highest BCUT2D eigenvalue weighted by Crippen LogP contribution is 2.62. The van der Waals surface area contributed by atoms with Gasteiger partial charge in [0.1, 0.15) is 5.75 Å². The van der Waals surface area contributed by atoms with E-state index in [9.17, 15) is 9.90 Å². The van der Waals surface area contributed by atoms with E-state index < -0.39 is 0 Å². The first-order valence-electron chi connectivity index (χ1n) is 13.3. The van der Waals surface area contributed by atoms with E-state index in [0.717, 1.165) is 58.3 Å². The molecule has 36 heavy (non-hydrogen) atoms. The molecular formula is C30H32N2O3S. The number of thioether (sulfide) groups is 1. The standard InChI is InChI=1S/C30H32N2O3S/c33-26-5-4-24(15-25(26)30-16-20-10-21(17-30)12-22(11-20)18-30)23-3-1-2-19(13-23)14-27-28(34)31-29(36-27)32-6-8-35-9-7-32/h1-5,13-15,20-22,33H,6-12,16-18H2. The second-order valence-electron chi connectivity index (χ2n) is 11.5. The molecule has 2 aromatic carbocycles. The van der Waals surface area contributed by atoms with E-state index in [-0.39, 0.29) is 11.3 Å². The fraction of sp³-hybridized carbons (Fsp3) is 0.467. The van der Waals surface area contributed by atoms with Gasteiger partial charge >= 0.3 is 0 Å². The van der Waals surface area contributed by atoms with Crippen LogP contribution in [0.5, 0.6) is 5.75 Å². The molecule has 186 valence electrons. The van der Waals surface area contributed by atoms with E-state index in [0.29, 0.717) is 23.9 Å². The number of hydrogen-bond donors (Lipinski definition) is 1. The lowest BCUT2D eigenvalue weighted by molar-refractivity contribution is -0.113. The predicted molar refractivity (Wildman–Crippen MR) is 144 cm³/mol. The fourth-order valence-electron chi connectivity index (χ4n) is 7.83. The van der Waals surface area contributed by atoms with Crippen molar-refractivity contribution >= 4 is 28.9 Å². The Bertz CT molecular complexity index is 1240. The lowest BCUT2D eigenvalue weighted by Gasteiger charge is -2.57. The van der Waals surface area contributed by atoms with Crippen molar-refractivity contribution in [2.75, 3.05) is 26.3 Å². The summed E-state index contributed by atoms with van der Waals surface area (Å²) in [5.41, 5.74) is 4.54. The molecule has 0 aromatic heterocycles. The number of phenolic OH excluding ortho intramolecular Hbond substituents is 1. The number of morpholine rings is 1. The van der Waals surface area contributed by atoms with Gasteiger partial charge in [0.15, 0.2) is 5.17 Å². The Morgan fingerprint density at radius 1 is 0.972 bits per heavy atom. The molecule has 2 aromatic rings. The summed E-state index contributed by atoms with van der Waals surface area (Å²) in [7, 11) is 0. The van der Waals surface area contributed by atoms with Crippen LogP contribution in [-0.4, -0.2) is 47.4 Å². The molecular weight excluding hydrogens is 468 g/mol. The van der Waals surface area contributed by atoms with E-state index in [2.05, 4.69) is 28.1 Å². The zero-order valence-corrected chi connectivity index (χ0v) is 21.3. The van der Waals surface area contributed by atoms with Crippen LogP contribution in [0.1, 0.15) is 49.7 Å². The van der Waals surface area contributed by atoms with Gasteiger partial charge in [0, 0.05) is 18.7 Å². The molecule has 2 aliphatic heterocycles. The normalized spacial score (nSPS) is 32.4. The smallest absolute Gasteiger partial charge is 0.286 e. The van der Waals surface area contributed by atoms with Gasteiger partial charge in [-0.2, -0.15) is 4.99 Å². The van der Waals surface area contributed by atoms with Crippen LogP contribution in [0.15, 0.2) is 52.4 Å². The van der Waals surface area contributed by atoms with Crippen LogP contribution in [0.2, 0.25) is 0 Å². The van der Waals surface area contributed by atoms with Crippen LogP contribution >= 0.6 is 11.8 Å². The number of hydrogen-bond acceptors (Lipinski definition) is 5. The minimum absolute atomic E-state index is 0.147. The molecule has 4 aliphatic carbocycles. The summed E-state index contributed by atoms with van der Waals surface area (Å²) in [4.78, 5) is 19.7. The number of ether oxygens (including phenoxy) is 1. The molecule has 2 heterocycles. The number of amides is 1. The maximum absolute atomic E-state index is 12.6. The van der Waals surface area contributed by atoms with Gasteiger partial charge in [0.2, 0.25) is 0 Å². The van der Waals surface area contributed by atoms with Crippen molar-refractivity contribution in [3.8, 4) is 16.9 Å². The second kappa shape index (κ2) is 8.77. The van der Waals surface area contributed by atoms with E-state index in [1.54, 1.807) is 0 Å². The number of benzene rings is 2. The Kier molecular flexibility index (Phi) is 5.51. The summed E-state index contributed by atoms with van der Waals surface area (Å²) in [6.07, 6.45) is 9.82. The molecule has 0 radical (unpaired) electrons. The number of aliphatic imine (C=N–C) groups is 1. The van der Waals surface area contributed by atoms with Crippen molar-refractivity contribution in [2.45, 2.75) is 43.9 Å². The minimum Gasteiger partial charge on any atom is -0.508 e. The van der Waals surface area contributed by atoms with Crippen molar-refractivity contribution in [1.82, 2.24) is 4.90 Å². The van der Waals surface area contributed by atoms with Gasteiger partial charge in [-0.15, -0.1) is 0 Å². The van der Waals surface area contributed by atoms with Gasteiger partial charge in [0.05, 0.1) is 18.1 Å². The Balaban J connectivity index is 1.16. The molecule has 1 amide bonds. The molecule has 1 N–H and O–H groups in total. The third kappa shape index (κ3) is 3.99. The van der Waals surface area contributed by atoms with Gasteiger partial charge < -0.3 is 14.7 Å². The molecule has 6 aliphatic rings. The number of amidine groups is 1. The highest BCUT2D eigenvalue weighted by atomic mass is 32.2. The van der Waals surface area contributed by atoms with Crippen molar-refractivity contribution < 1.29 is 14.6 Å². The van der Waals surface area contributed by atoms with E-state index >= 15 is 0 Å². The number of carbonyl (C=O) groups excluding carboxylic acids is 1. The number of rotatable bonds is 3. The quantitative estimate of drug-likeness (QED) is 0.538. The Morgan fingerprint density at radius 3 is 2.39 bits per heavy atom. The number of aromatic hydroxyl groups is 1. The van der Waals surface area contributed by atoms with Crippen molar-refractivity contribution in [2.24, 2.45) is 22.7 Å². The van der Waals surface area contributed by atoms with Crippen LogP contribution < -0.4 is 0 Å². The third-order valence-electron chi connectivity index (χ3n) is 9.01. The highest BCUT2D eigenvalue weighted by Gasteiger charge is 2.52. The topological polar surface area (TPSA) is 62.1 Å². The second-order valence-corrected chi connectivity index (χ2v) is 12.5. The monoisotopic (exact) mass is 500 g/mol. The SMILES string of the molecule is O=C1N=C(N2CCOCC2)SC1=Cc1cccc(-c2ccc(O)c(C34CC5CC(CC(C5)C3)C4)c2)c1. The van der Waals surface area contributed by atoms with E-state index in [1.807, 2.05) is 30.3 Å². The van der Waals surface area contributed by atoms with Crippen molar-refractivity contribution in [3.63, 3.8) is 0 Å². The number of nitrogens with zero attached hydrogens (tertiary/aromatic N) is 2. The van der Waals surface area contributed by atoms with Crippen LogP contribution in [0, 0.1) is 17.8 Å². The molecule has 0 atom stereocenters. The maximum Gasteiger partial charge on any atom is 0.286 e. The molecule has 4 saturated carbocycles. The van der Waals surface area contributed by atoms with E-state index in [1.165, 1.54) is 50.3 Å². The summed E-state index contributed by atoms with van der Waals surface area (Å²) in [5.74, 6) is 2.79. The Hall–Kier alpha value is -2.57. The zero-order valence-electron chi connectivity index (χ0n) is 20.5. The first-order valence-corrected chi connectivity index (χ1v) is 14.2. The van der Waals surface area contributed by atoms with Crippen molar-refractivity contribution in [3.05, 3.63) is 58.5 Å². The Labute approximate surface area is 216 Å². The summed E-state index contributed by atoms with van der Waals surface area (Å²) >= 11 is 1.46. The van der Waals surface area contributed by atoms with Gasteiger partial charge in [-0.05, 0) is 114 Å². The molecule has 5 fully saturated rings. The van der Waals surface area contributed by atoms with Crippen LogP contribution in [0.3, 0.4) is 0 Å². The highest BCUT2D eigenvalue weighted by molar-refractivity contribution is 8.18. The zero-order chi connectivity index (χ0) is 24.3. The van der Waals surface area contributed by atoms with E-state index in [4.69, 9.17) is 4.74 Å². The first-order chi connectivity index (χ1) is 17.5. The molecule has 0 spiro atoms. The summed E-state index contributed by atoms with van der Waals surface area (Å²) in [5, 5.41) is 11.8.